The number of carbonyl (C=O) groups is 2. The number of anilines is 2. The van der Waals surface area contributed by atoms with Crippen molar-refractivity contribution in [2.45, 2.75) is 19.3 Å². The van der Waals surface area contributed by atoms with Gasteiger partial charge in [-0.15, -0.1) is 22.7 Å². The Morgan fingerprint density at radius 1 is 1.29 bits per heavy atom. The van der Waals surface area contributed by atoms with E-state index in [0.29, 0.717) is 23.8 Å². The minimum atomic E-state index is -0.991. The van der Waals surface area contributed by atoms with Crippen LogP contribution in [-0.2, 0) is 0 Å². The van der Waals surface area contributed by atoms with Crippen molar-refractivity contribution in [3.8, 4) is 9.88 Å². The summed E-state index contributed by atoms with van der Waals surface area (Å²) in [6, 6.07) is 8.74. The van der Waals surface area contributed by atoms with Crippen molar-refractivity contribution < 1.29 is 14.7 Å². The number of nitrogens with zero attached hydrogens (tertiary/aromatic N) is 2. The van der Waals surface area contributed by atoms with Crippen LogP contribution in [0.1, 0.15) is 40.1 Å². The first-order valence-electron chi connectivity index (χ1n) is 10.2. The molecule has 1 aliphatic rings. The van der Waals surface area contributed by atoms with Gasteiger partial charge >= 0.3 is 5.97 Å². The standard InChI is InChI=1S/C22H24N4O3S2/c23-8-7-14-3-1-9-26(12-14)18-11-15(22(28)29)5-6-16(18)24-20(27)17-13-31-21(25-17)19-4-2-10-30-19/h2,4-6,10-11,13-14H,1,3,7-9,12,23H2,(H,24,27)(H,28,29). The molecule has 4 N–H and O–H groups in total. The van der Waals surface area contributed by atoms with E-state index in [9.17, 15) is 14.7 Å². The van der Waals surface area contributed by atoms with Gasteiger partial charge in [-0.1, -0.05) is 6.07 Å². The second-order valence-corrected chi connectivity index (χ2v) is 9.34. The SMILES string of the molecule is NCCC1CCCN(c2cc(C(=O)O)ccc2NC(=O)c2csc(-c3cccs3)n2)C1. The van der Waals surface area contributed by atoms with Crippen LogP contribution in [0.25, 0.3) is 9.88 Å². The van der Waals surface area contributed by atoms with Gasteiger partial charge in [-0.3, -0.25) is 4.79 Å². The number of carboxylic acids is 1. The Morgan fingerprint density at radius 3 is 2.90 bits per heavy atom. The van der Waals surface area contributed by atoms with Crippen LogP contribution < -0.4 is 16.0 Å². The fourth-order valence-electron chi connectivity index (χ4n) is 3.87. The number of amides is 1. The van der Waals surface area contributed by atoms with E-state index in [1.54, 1.807) is 28.8 Å². The fourth-order valence-corrected chi connectivity index (χ4v) is 5.48. The summed E-state index contributed by atoms with van der Waals surface area (Å²) in [5.74, 6) is -0.837. The molecular formula is C22H24N4O3S2. The number of nitrogens with two attached hydrogens (primary N) is 1. The van der Waals surface area contributed by atoms with Crippen molar-refractivity contribution >= 4 is 45.9 Å². The molecule has 0 bridgehead atoms. The van der Waals surface area contributed by atoms with Crippen LogP contribution in [0.5, 0.6) is 0 Å². The molecule has 162 valence electrons. The Morgan fingerprint density at radius 2 is 2.16 bits per heavy atom. The van der Waals surface area contributed by atoms with Gasteiger partial charge in [0.15, 0.2) is 0 Å². The van der Waals surface area contributed by atoms with E-state index in [-0.39, 0.29) is 11.5 Å². The molecule has 1 aliphatic heterocycles. The van der Waals surface area contributed by atoms with E-state index in [4.69, 9.17) is 5.73 Å². The molecule has 0 aliphatic carbocycles. The summed E-state index contributed by atoms with van der Waals surface area (Å²) >= 11 is 3.01. The molecule has 3 aromatic rings. The number of carbonyl (C=O) groups excluding carboxylic acids is 1. The molecule has 3 heterocycles. The summed E-state index contributed by atoms with van der Waals surface area (Å²) < 4.78 is 0. The molecule has 2 aromatic heterocycles. The third-order valence-corrected chi connectivity index (χ3v) is 7.28. The Kier molecular flexibility index (Phi) is 6.64. The van der Waals surface area contributed by atoms with Crippen LogP contribution in [0.15, 0.2) is 41.1 Å². The number of rotatable bonds is 7. The van der Waals surface area contributed by atoms with Gasteiger partial charge < -0.3 is 21.1 Å². The number of aromatic carboxylic acids is 1. The number of hydrogen-bond acceptors (Lipinski definition) is 7. The molecular weight excluding hydrogens is 432 g/mol. The lowest BCUT2D eigenvalue weighted by Crippen LogP contribution is -2.37. The number of benzene rings is 1. The lowest BCUT2D eigenvalue weighted by atomic mass is 9.94. The summed E-state index contributed by atoms with van der Waals surface area (Å²) in [4.78, 5) is 32.1. The monoisotopic (exact) mass is 456 g/mol. The first kappa shape index (κ1) is 21.5. The van der Waals surface area contributed by atoms with Gasteiger partial charge in [0.25, 0.3) is 5.91 Å². The van der Waals surface area contributed by atoms with E-state index in [2.05, 4.69) is 15.2 Å². The molecule has 7 nitrogen and oxygen atoms in total. The van der Waals surface area contributed by atoms with E-state index in [1.807, 2.05) is 17.5 Å². The van der Waals surface area contributed by atoms with Crippen molar-refractivity contribution in [3.05, 3.63) is 52.3 Å². The summed E-state index contributed by atoms with van der Waals surface area (Å²) in [5, 5.41) is 16.9. The Bertz CT molecular complexity index is 1060. The highest BCUT2D eigenvalue weighted by atomic mass is 32.1. The highest BCUT2D eigenvalue weighted by molar-refractivity contribution is 7.20. The first-order valence-corrected chi connectivity index (χ1v) is 11.9. The third-order valence-electron chi connectivity index (χ3n) is 5.40. The molecule has 9 heteroatoms. The molecule has 1 fully saturated rings. The van der Waals surface area contributed by atoms with Crippen molar-refractivity contribution in [1.29, 1.82) is 0 Å². The molecule has 0 radical (unpaired) electrons. The van der Waals surface area contributed by atoms with Gasteiger partial charge in [0.2, 0.25) is 0 Å². The Balaban J connectivity index is 1.58. The predicted molar refractivity (Wildman–Crippen MR) is 125 cm³/mol. The molecule has 31 heavy (non-hydrogen) atoms. The molecule has 0 saturated carbocycles. The van der Waals surface area contributed by atoms with Gasteiger partial charge in [0.1, 0.15) is 10.7 Å². The van der Waals surface area contributed by atoms with Gasteiger partial charge in [-0.05, 0) is 61.4 Å². The minimum absolute atomic E-state index is 0.197. The van der Waals surface area contributed by atoms with Crippen LogP contribution in [0, 0.1) is 5.92 Å². The number of carboxylic acid groups (broad SMARTS) is 1. The zero-order chi connectivity index (χ0) is 21.8. The maximum atomic E-state index is 12.9. The maximum Gasteiger partial charge on any atom is 0.335 e. The van der Waals surface area contributed by atoms with Crippen LogP contribution in [0.2, 0.25) is 0 Å². The second-order valence-electron chi connectivity index (χ2n) is 7.54. The normalized spacial score (nSPS) is 16.3. The maximum absolute atomic E-state index is 12.9. The van der Waals surface area contributed by atoms with Gasteiger partial charge in [-0.25, -0.2) is 9.78 Å². The van der Waals surface area contributed by atoms with E-state index in [0.717, 1.165) is 47.9 Å². The fraction of sp³-hybridized carbons (Fsp3) is 0.318. The smallest absolute Gasteiger partial charge is 0.335 e. The van der Waals surface area contributed by atoms with Crippen LogP contribution in [-0.4, -0.2) is 41.6 Å². The third kappa shape index (κ3) is 4.95. The topological polar surface area (TPSA) is 109 Å². The molecule has 4 rings (SSSR count). The predicted octanol–water partition coefficient (Wildman–Crippen LogP) is 4.39. The Labute approximate surface area is 188 Å². The highest BCUT2D eigenvalue weighted by Gasteiger charge is 2.24. The second kappa shape index (κ2) is 9.59. The summed E-state index contributed by atoms with van der Waals surface area (Å²) in [6.45, 7) is 2.24. The van der Waals surface area contributed by atoms with Crippen molar-refractivity contribution in [1.82, 2.24) is 4.98 Å². The van der Waals surface area contributed by atoms with Crippen molar-refractivity contribution in [2.75, 3.05) is 29.9 Å². The highest BCUT2D eigenvalue weighted by Crippen LogP contribution is 2.33. The van der Waals surface area contributed by atoms with Crippen LogP contribution in [0.3, 0.4) is 0 Å². The quantitative estimate of drug-likeness (QED) is 0.487. The number of aromatic nitrogens is 1. The average Bonchev–Trinajstić information content (AvgIpc) is 3.46. The summed E-state index contributed by atoms with van der Waals surface area (Å²) in [5.41, 5.74) is 7.61. The lowest BCUT2D eigenvalue weighted by molar-refractivity contribution is 0.0696. The molecule has 1 aromatic carbocycles. The van der Waals surface area contributed by atoms with Gasteiger partial charge in [0.05, 0.1) is 21.8 Å². The summed E-state index contributed by atoms with van der Waals surface area (Å²) in [6.07, 6.45) is 3.05. The van der Waals surface area contributed by atoms with E-state index >= 15 is 0 Å². The van der Waals surface area contributed by atoms with Gasteiger partial charge in [-0.2, -0.15) is 0 Å². The summed E-state index contributed by atoms with van der Waals surface area (Å²) in [7, 11) is 0. The molecule has 0 spiro atoms. The van der Waals surface area contributed by atoms with E-state index < -0.39 is 5.97 Å². The van der Waals surface area contributed by atoms with Crippen molar-refractivity contribution in [3.63, 3.8) is 0 Å². The lowest BCUT2D eigenvalue weighted by Gasteiger charge is -2.35. The molecule has 1 amide bonds. The molecule has 1 unspecified atom stereocenters. The van der Waals surface area contributed by atoms with Crippen LogP contribution in [0.4, 0.5) is 11.4 Å². The van der Waals surface area contributed by atoms with Crippen LogP contribution >= 0.6 is 22.7 Å². The van der Waals surface area contributed by atoms with Gasteiger partial charge in [0, 0.05) is 18.5 Å². The molecule has 1 saturated heterocycles. The number of hydrogen-bond donors (Lipinski definition) is 3. The van der Waals surface area contributed by atoms with E-state index in [1.165, 1.54) is 17.4 Å². The number of thiazole rings is 1. The number of nitrogens with one attached hydrogen (secondary N) is 1. The Hall–Kier alpha value is -2.75. The molecule has 1 atom stereocenters. The minimum Gasteiger partial charge on any atom is -0.478 e. The average molecular weight is 457 g/mol. The number of thiophene rings is 1. The zero-order valence-corrected chi connectivity index (χ0v) is 18.5. The van der Waals surface area contributed by atoms with Crippen molar-refractivity contribution in [2.24, 2.45) is 11.7 Å². The first-order chi connectivity index (χ1) is 15.0. The number of piperidine rings is 1. The zero-order valence-electron chi connectivity index (χ0n) is 16.9. The largest absolute Gasteiger partial charge is 0.478 e.